The van der Waals surface area contributed by atoms with Crippen LogP contribution in [0.3, 0.4) is 0 Å². The average Bonchev–Trinajstić information content (AvgIpc) is 3.10. The second-order valence-corrected chi connectivity index (χ2v) is 6.00. The van der Waals surface area contributed by atoms with Crippen molar-refractivity contribution in [3.05, 3.63) is 54.1 Å². The summed E-state index contributed by atoms with van der Waals surface area (Å²) in [5.41, 5.74) is 1.32. The number of aromatic hydroxyl groups is 1. The Morgan fingerprint density at radius 1 is 1.16 bits per heavy atom. The molecule has 0 radical (unpaired) electrons. The average molecular weight is 356 g/mol. The zero-order valence-corrected chi connectivity index (χ0v) is 14.3. The summed E-state index contributed by atoms with van der Waals surface area (Å²) in [5, 5.41) is 21.4. The Morgan fingerprint density at radius 2 is 1.88 bits per heavy atom. The summed E-state index contributed by atoms with van der Waals surface area (Å²) < 4.78 is 6.89. The molecule has 0 amide bonds. The van der Waals surface area contributed by atoms with Gasteiger partial charge in [0.2, 0.25) is 5.16 Å². The Balaban J connectivity index is 1.66. The number of ketones is 1. The largest absolute Gasteiger partial charge is 0.508 e. The number of benzene rings is 2. The minimum atomic E-state index is -0.0201. The highest BCUT2D eigenvalue weighted by molar-refractivity contribution is 7.99. The molecule has 0 bridgehead atoms. The molecule has 0 spiro atoms. The number of hydrogen-bond donors (Lipinski definition) is 1. The molecular weight excluding hydrogens is 340 g/mol. The van der Waals surface area contributed by atoms with Crippen molar-refractivity contribution in [3.63, 3.8) is 0 Å². The fourth-order valence-electron chi connectivity index (χ4n) is 2.14. The fourth-order valence-corrected chi connectivity index (χ4v) is 2.93. The summed E-state index contributed by atoms with van der Waals surface area (Å²) in [6.45, 7) is 2.50. The molecule has 3 rings (SSSR count). The van der Waals surface area contributed by atoms with Crippen molar-refractivity contribution in [2.45, 2.75) is 12.1 Å². The van der Waals surface area contributed by atoms with Crippen LogP contribution in [0.5, 0.6) is 11.5 Å². The molecule has 1 heterocycles. The lowest BCUT2D eigenvalue weighted by Crippen LogP contribution is -2.05. The molecule has 0 atom stereocenters. The van der Waals surface area contributed by atoms with Crippen molar-refractivity contribution in [3.8, 4) is 17.2 Å². The van der Waals surface area contributed by atoms with E-state index < -0.39 is 0 Å². The quantitative estimate of drug-likeness (QED) is 0.514. The zero-order valence-electron chi connectivity index (χ0n) is 13.5. The number of rotatable bonds is 7. The lowest BCUT2D eigenvalue weighted by Gasteiger charge is -2.05. The minimum absolute atomic E-state index is 0.0201. The molecule has 2 aromatic carbocycles. The van der Waals surface area contributed by atoms with Crippen molar-refractivity contribution < 1.29 is 14.6 Å². The first kappa shape index (κ1) is 17.0. The van der Waals surface area contributed by atoms with Gasteiger partial charge >= 0.3 is 0 Å². The van der Waals surface area contributed by atoms with E-state index in [1.165, 1.54) is 16.4 Å². The highest BCUT2D eigenvalue weighted by Gasteiger charge is 2.13. The summed E-state index contributed by atoms with van der Waals surface area (Å²) in [4.78, 5) is 12.3. The zero-order chi connectivity index (χ0) is 17.6. The number of thioether (sulfide) groups is 1. The van der Waals surface area contributed by atoms with Crippen LogP contribution in [0.1, 0.15) is 17.3 Å². The number of carbonyl (C=O) groups excluding carboxylic acids is 1. The Kier molecular flexibility index (Phi) is 5.30. The number of Topliss-reactive ketones (excluding diaryl/α,β-unsaturated/α-hetero) is 1. The van der Waals surface area contributed by atoms with Gasteiger partial charge in [-0.15, -0.1) is 5.10 Å². The maximum Gasteiger partial charge on any atom is 0.214 e. The van der Waals surface area contributed by atoms with E-state index in [1.807, 2.05) is 6.92 Å². The molecule has 0 saturated carbocycles. The minimum Gasteiger partial charge on any atom is -0.508 e. The van der Waals surface area contributed by atoms with Crippen molar-refractivity contribution in [2.24, 2.45) is 0 Å². The lowest BCUT2D eigenvalue weighted by molar-refractivity contribution is 0.102. The molecule has 7 nitrogen and oxygen atoms in total. The Bertz CT molecular complexity index is 847. The highest BCUT2D eigenvalue weighted by atomic mass is 32.2. The Morgan fingerprint density at radius 3 is 2.56 bits per heavy atom. The monoisotopic (exact) mass is 356 g/mol. The third-order valence-electron chi connectivity index (χ3n) is 3.35. The van der Waals surface area contributed by atoms with Gasteiger partial charge < -0.3 is 9.84 Å². The van der Waals surface area contributed by atoms with Gasteiger partial charge in [0.25, 0.3) is 0 Å². The number of carbonyl (C=O) groups is 1. The Labute approximate surface area is 148 Å². The van der Waals surface area contributed by atoms with Gasteiger partial charge in [0, 0.05) is 5.56 Å². The smallest absolute Gasteiger partial charge is 0.214 e. The lowest BCUT2D eigenvalue weighted by atomic mass is 10.1. The van der Waals surface area contributed by atoms with Gasteiger partial charge in [0.05, 0.1) is 18.0 Å². The van der Waals surface area contributed by atoms with Crippen LogP contribution >= 0.6 is 11.8 Å². The number of nitrogens with zero attached hydrogens (tertiary/aromatic N) is 4. The molecule has 0 aliphatic rings. The Hall–Kier alpha value is -2.87. The van der Waals surface area contributed by atoms with Crippen LogP contribution in [0, 0.1) is 0 Å². The van der Waals surface area contributed by atoms with E-state index in [9.17, 15) is 9.90 Å². The topological polar surface area (TPSA) is 90.1 Å². The maximum atomic E-state index is 12.3. The molecule has 0 unspecified atom stereocenters. The van der Waals surface area contributed by atoms with Crippen LogP contribution in [0.25, 0.3) is 5.69 Å². The highest BCUT2D eigenvalue weighted by Crippen LogP contribution is 2.21. The summed E-state index contributed by atoms with van der Waals surface area (Å²) in [5.74, 6) is 1.10. The van der Waals surface area contributed by atoms with Gasteiger partial charge in [-0.2, -0.15) is 4.68 Å². The molecule has 0 fully saturated rings. The van der Waals surface area contributed by atoms with Crippen LogP contribution in [0.15, 0.2) is 53.7 Å². The first-order valence-electron chi connectivity index (χ1n) is 7.64. The van der Waals surface area contributed by atoms with Gasteiger partial charge in [0.1, 0.15) is 11.5 Å². The standard InChI is InChI=1S/C17H16N4O3S/c1-2-24-15-9-3-12(4-10-15)16(23)11-25-17-18-19-20-21(17)13-5-7-14(22)8-6-13/h3-10,22H,2,11H2,1H3. The van der Waals surface area contributed by atoms with Crippen LogP contribution in [-0.4, -0.2) is 43.5 Å². The molecule has 3 aromatic rings. The molecule has 0 aliphatic carbocycles. The third-order valence-corrected chi connectivity index (χ3v) is 4.27. The number of phenols is 1. The molecule has 25 heavy (non-hydrogen) atoms. The van der Waals surface area contributed by atoms with Crippen LogP contribution in [0.2, 0.25) is 0 Å². The van der Waals surface area contributed by atoms with Crippen LogP contribution < -0.4 is 4.74 Å². The predicted molar refractivity (Wildman–Crippen MR) is 93.5 cm³/mol. The van der Waals surface area contributed by atoms with E-state index in [1.54, 1.807) is 48.5 Å². The number of hydrogen-bond acceptors (Lipinski definition) is 7. The van der Waals surface area contributed by atoms with Crippen LogP contribution in [0.4, 0.5) is 0 Å². The first-order chi connectivity index (χ1) is 12.2. The van der Waals surface area contributed by atoms with Crippen LogP contribution in [-0.2, 0) is 0 Å². The summed E-state index contributed by atoms with van der Waals surface area (Å²) in [6.07, 6.45) is 0. The van der Waals surface area contributed by atoms with E-state index in [-0.39, 0.29) is 17.3 Å². The number of tetrazole rings is 1. The van der Waals surface area contributed by atoms with Gasteiger partial charge in [-0.1, -0.05) is 11.8 Å². The maximum absolute atomic E-state index is 12.3. The van der Waals surface area contributed by atoms with Gasteiger partial charge in [-0.25, -0.2) is 0 Å². The van der Waals surface area contributed by atoms with E-state index >= 15 is 0 Å². The van der Waals surface area contributed by atoms with E-state index in [4.69, 9.17) is 4.74 Å². The van der Waals surface area contributed by atoms with Gasteiger partial charge in [-0.3, -0.25) is 4.79 Å². The van der Waals surface area contributed by atoms with E-state index in [0.29, 0.717) is 23.0 Å². The van der Waals surface area contributed by atoms with Crippen molar-refractivity contribution >= 4 is 17.5 Å². The first-order valence-corrected chi connectivity index (χ1v) is 8.62. The number of aromatic nitrogens is 4. The predicted octanol–water partition coefficient (Wildman–Crippen LogP) is 2.74. The molecule has 1 aromatic heterocycles. The van der Waals surface area contributed by atoms with E-state index in [0.717, 1.165) is 5.75 Å². The summed E-state index contributed by atoms with van der Waals surface area (Å²) >= 11 is 1.25. The van der Waals surface area contributed by atoms with E-state index in [2.05, 4.69) is 15.5 Å². The van der Waals surface area contributed by atoms with Crippen molar-refractivity contribution in [1.82, 2.24) is 20.2 Å². The normalized spacial score (nSPS) is 10.6. The summed E-state index contributed by atoms with van der Waals surface area (Å²) in [7, 11) is 0. The second-order valence-electron chi connectivity index (χ2n) is 5.06. The van der Waals surface area contributed by atoms with Gasteiger partial charge in [-0.05, 0) is 65.9 Å². The van der Waals surface area contributed by atoms with Gasteiger partial charge in [0.15, 0.2) is 5.78 Å². The second kappa shape index (κ2) is 7.80. The summed E-state index contributed by atoms with van der Waals surface area (Å²) in [6, 6.07) is 13.6. The molecular formula is C17H16N4O3S. The van der Waals surface area contributed by atoms with Crippen molar-refractivity contribution in [2.75, 3.05) is 12.4 Å². The van der Waals surface area contributed by atoms with Crippen molar-refractivity contribution in [1.29, 1.82) is 0 Å². The SMILES string of the molecule is CCOc1ccc(C(=O)CSc2nnnn2-c2ccc(O)cc2)cc1. The number of phenolic OH excluding ortho intramolecular Hbond substituents is 1. The molecule has 128 valence electrons. The molecule has 0 aliphatic heterocycles. The third kappa shape index (κ3) is 4.16. The molecule has 1 N–H and O–H groups in total. The molecule has 8 heteroatoms. The molecule has 0 saturated heterocycles. The fraction of sp³-hybridized carbons (Fsp3) is 0.176. The number of ether oxygens (including phenoxy) is 1.